The molecule has 2 aromatic rings. The molecule has 125 heavy (non-hydrogen) atoms. The molecule has 0 N–H and O–H groups in total. The molecule has 0 unspecified atom stereocenters. The van der Waals surface area contributed by atoms with E-state index in [1.165, 1.54) is 410 Å². The molecule has 0 aliphatic rings. The fraction of sp³-hybridized carbons (Fsp3) is 0.778. The average Bonchev–Trinajstić information content (AvgIpc) is 0.812. The first-order valence-corrected chi connectivity index (χ1v) is 54.9. The summed E-state index contributed by atoms with van der Waals surface area (Å²) in [5, 5.41) is 0. The quantitative estimate of drug-likeness (QED) is 0.0150. The number of rotatable bonds is 90. The first-order chi connectivity index (χ1) is 60.6. The molecular formula is C108H186CaO14S2. The van der Waals surface area contributed by atoms with Crippen molar-refractivity contribution in [3.05, 3.63) is 107 Å². The van der Waals surface area contributed by atoms with Crippen LogP contribution in [0.4, 0.5) is 0 Å². The topological polar surface area (TPSA) is 220 Å². The van der Waals surface area contributed by atoms with Gasteiger partial charge in [-0.25, -0.2) is 36.0 Å². The van der Waals surface area contributed by atoms with Crippen LogP contribution in [-0.4, -0.2) is 114 Å². The number of benzene rings is 2. The van der Waals surface area contributed by atoms with Crippen LogP contribution in [0.25, 0.3) is 0 Å². The van der Waals surface area contributed by atoms with Crippen LogP contribution in [0.5, 0.6) is 0 Å². The van der Waals surface area contributed by atoms with Gasteiger partial charge in [-0.2, -0.15) is 0 Å². The maximum Gasteiger partial charge on any atom is 2.00 e. The number of ether oxygens (including phenoxy) is 4. The summed E-state index contributed by atoms with van der Waals surface area (Å²) in [6, 6.07) is 6.32. The van der Waals surface area contributed by atoms with Gasteiger partial charge in [-0.05, 0) is 165 Å². The van der Waals surface area contributed by atoms with Crippen LogP contribution in [0.1, 0.15) is 557 Å². The third-order valence-corrected chi connectivity index (χ3v) is 25.7. The number of hydrogen-bond donors (Lipinski definition) is 0. The minimum absolute atomic E-state index is 0. The Bertz CT molecular complexity index is 2950. The first kappa shape index (κ1) is 121. The van der Waals surface area contributed by atoms with Gasteiger partial charge in [0.05, 0.1) is 58.5 Å². The van der Waals surface area contributed by atoms with E-state index < -0.39 is 53.9 Å². The number of unbranched alkanes of at least 4 members (excludes halogenated alkanes) is 68. The summed E-state index contributed by atoms with van der Waals surface area (Å²) < 4.78 is 92.0. The van der Waals surface area contributed by atoms with Crippen LogP contribution in [0.2, 0.25) is 0 Å². The molecule has 2 aromatic carbocycles. The number of esters is 4. The molecule has 0 heterocycles. The predicted octanol–water partition coefficient (Wildman–Crippen LogP) is 33.4. The first-order valence-electron chi connectivity index (χ1n) is 52.1. The molecule has 716 valence electrons. The Hall–Kier alpha value is -3.64. The molecule has 0 amide bonds. The fourth-order valence-corrected chi connectivity index (χ4v) is 16.9. The molecule has 0 fully saturated rings. The largest absolute Gasteiger partial charge is 2.00 e. The Morgan fingerprint density at radius 3 is 0.504 bits per heavy atom. The summed E-state index contributed by atoms with van der Waals surface area (Å²) in [6.45, 7) is 9.78. The third-order valence-electron chi connectivity index (χ3n) is 24.0. The summed E-state index contributed by atoms with van der Waals surface area (Å²) in [5.74, 6) is -3.08. The van der Waals surface area contributed by atoms with Crippen molar-refractivity contribution in [1.29, 1.82) is 0 Å². The Morgan fingerprint density at radius 2 is 0.352 bits per heavy atom. The molecule has 2 rings (SSSR count). The summed E-state index contributed by atoms with van der Waals surface area (Å²) >= 11 is 0. The Kier molecular flexibility index (Phi) is 89.5. The molecule has 0 bridgehead atoms. The van der Waals surface area contributed by atoms with E-state index >= 15 is 0 Å². The van der Waals surface area contributed by atoms with E-state index in [0.717, 1.165) is 88.5 Å². The summed E-state index contributed by atoms with van der Waals surface area (Å²) in [7, 11) is -9.64. The van der Waals surface area contributed by atoms with Gasteiger partial charge >= 0.3 is 61.6 Å². The molecule has 14 nitrogen and oxygen atoms in total. The van der Waals surface area contributed by atoms with E-state index in [0.29, 0.717) is 25.7 Å². The second-order valence-electron chi connectivity index (χ2n) is 35.7. The van der Waals surface area contributed by atoms with Crippen LogP contribution in [0.3, 0.4) is 0 Å². The van der Waals surface area contributed by atoms with Crippen molar-refractivity contribution in [2.75, 3.05) is 26.4 Å². The third kappa shape index (κ3) is 78.7. The van der Waals surface area contributed by atoms with Crippen molar-refractivity contribution in [1.82, 2.24) is 0 Å². The zero-order chi connectivity index (χ0) is 90.1. The van der Waals surface area contributed by atoms with Crippen molar-refractivity contribution < 1.29 is 64.1 Å². The number of hydrogen-bond acceptors (Lipinski definition) is 14. The van der Waals surface area contributed by atoms with Crippen LogP contribution >= 0.6 is 0 Å². The monoisotopic (exact) mass is 1810 g/mol. The summed E-state index contributed by atoms with van der Waals surface area (Å²) in [4.78, 5) is 50.7. The molecule has 0 aromatic heterocycles. The Balaban J connectivity index is 0.00000244. The van der Waals surface area contributed by atoms with Gasteiger partial charge in [0.1, 0.15) is 20.2 Å². The van der Waals surface area contributed by atoms with Crippen LogP contribution in [0, 0.1) is 0 Å². The van der Waals surface area contributed by atoms with E-state index in [2.05, 4.69) is 76.3 Å². The van der Waals surface area contributed by atoms with Gasteiger partial charge in [0.15, 0.2) is 0 Å². The molecule has 0 aliphatic carbocycles. The van der Waals surface area contributed by atoms with E-state index in [1.807, 2.05) is 0 Å². The Morgan fingerprint density at radius 1 is 0.216 bits per heavy atom. The number of carbonyl (C=O) groups excluding carboxylic acids is 4. The second-order valence-corrected chi connectivity index (χ2v) is 38.4. The fourth-order valence-electron chi connectivity index (χ4n) is 16.0. The average molecular weight is 1810 g/mol. The van der Waals surface area contributed by atoms with E-state index in [-0.39, 0.29) is 86.4 Å². The molecule has 0 radical (unpaired) electrons. The molecule has 0 aliphatic heterocycles. The van der Waals surface area contributed by atoms with Gasteiger partial charge in [-0.15, -0.1) is 0 Å². The van der Waals surface area contributed by atoms with Crippen molar-refractivity contribution in [3.63, 3.8) is 0 Å². The van der Waals surface area contributed by atoms with Crippen molar-refractivity contribution in [3.8, 4) is 0 Å². The number of allylic oxidation sites excluding steroid dienone is 8. The summed E-state index contributed by atoms with van der Waals surface area (Å²) in [6.07, 6.45) is 113. The molecule has 0 atom stereocenters. The molecule has 17 heteroatoms. The normalized spacial score (nSPS) is 11.8. The SMILES string of the molecule is CCCCCC/C=C/CCCCCCCCCCCCCCCOC(=O)c1ccc(S(=O)(=O)[O-])cc1C(=O)OCCCCCCCCCCCCCCC/C=C/CCCCCC.CCCCCC/C=C/CCCCCCCCCCCCCCCOC(=O)c1ccc(S(=O)(=O)[O-])cc1C(=O)OCCCCCCCCCCCCCCC/C=C/CCCCCC.[Ca+2]. The molecular weight excluding hydrogens is 1630 g/mol. The van der Waals surface area contributed by atoms with Gasteiger partial charge in [0.2, 0.25) is 0 Å². The Labute approximate surface area is 798 Å². The van der Waals surface area contributed by atoms with E-state index in [4.69, 9.17) is 18.9 Å². The molecule has 0 saturated heterocycles. The maximum atomic E-state index is 13.0. The van der Waals surface area contributed by atoms with E-state index in [1.54, 1.807) is 0 Å². The second kappa shape index (κ2) is 92.2. The predicted molar refractivity (Wildman–Crippen MR) is 526 cm³/mol. The number of carbonyl (C=O) groups is 4. The zero-order valence-corrected chi connectivity index (χ0v) is 84.7. The van der Waals surface area contributed by atoms with Gasteiger partial charge in [0, 0.05) is 0 Å². The van der Waals surface area contributed by atoms with Gasteiger partial charge in [0.25, 0.3) is 0 Å². The minimum Gasteiger partial charge on any atom is -0.744 e. The van der Waals surface area contributed by atoms with E-state index in [9.17, 15) is 45.1 Å². The smallest absolute Gasteiger partial charge is 0.744 e. The molecule has 0 saturated carbocycles. The minimum atomic E-state index is -4.82. The van der Waals surface area contributed by atoms with Crippen molar-refractivity contribution >= 4 is 81.9 Å². The summed E-state index contributed by atoms with van der Waals surface area (Å²) in [5.41, 5.74) is -0.661. The van der Waals surface area contributed by atoms with Crippen LogP contribution in [0.15, 0.2) is 94.8 Å². The maximum absolute atomic E-state index is 13.0. The van der Waals surface area contributed by atoms with Crippen LogP contribution < -0.4 is 0 Å². The van der Waals surface area contributed by atoms with Gasteiger partial charge in [-0.1, -0.05) is 436 Å². The van der Waals surface area contributed by atoms with Gasteiger partial charge < -0.3 is 28.1 Å². The standard InChI is InChI=1S/2C54H94O7S.Ca/c2*1-3-5-7-9-11-13-15-17-19-21-23-25-27-29-31-33-35-37-39-41-43-47-60-53(55)51-46-45-50(62(57,58)59)49-52(51)54(56)61-48-44-42-40-38-36-34-32-30-28-26-24-22-20-18-16-14-12-10-8-6-4-2;/h2*13-16,45-46,49H,3-12,17-44,47-48H2,1-2H3,(H,57,58,59);/q;;+2/p-2/b2*15-13+,16-14+;. The van der Waals surface area contributed by atoms with Crippen molar-refractivity contribution in [2.24, 2.45) is 0 Å². The molecule has 0 spiro atoms. The van der Waals surface area contributed by atoms with Crippen LogP contribution in [-0.2, 0) is 39.2 Å². The van der Waals surface area contributed by atoms with Crippen molar-refractivity contribution in [2.45, 2.75) is 525 Å². The zero-order valence-electron chi connectivity index (χ0n) is 80.9. The van der Waals surface area contributed by atoms with Gasteiger partial charge in [-0.3, -0.25) is 0 Å².